The molecule has 0 fully saturated rings. The van der Waals surface area contributed by atoms with Gasteiger partial charge in [0.1, 0.15) is 23.7 Å². The van der Waals surface area contributed by atoms with Gasteiger partial charge >= 0.3 is 5.97 Å². The van der Waals surface area contributed by atoms with E-state index < -0.39 is 5.97 Å². The van der Waals surface area contributed by atoms with Crippen molar-refractivity contribution in [1.82, 2.24) is 0 Å². The summed E-state index contributed by atoms with van der Waals surface area (Å²) in [5.74, 6) is -0.123. The van der Waals surface area contributed by atoms with Gasteiger partial charge in [0.05, 0.1) is 0 Å². The molecule has 1 rings (SSSR count). The van der Waals surface area contributed by atoms with Crippen LogP contribution in [0.4, 0.5) is 0 Å². The van der Waals surface area contributed by atoms with Gasteiger partial charge in [-0.05, 0) is 257 Å². The van der Waals surface area contributed by atoms with E-state index in [2.05, 4.69) is 149 Å². The van der Waals surface area contributed by atoms with Gasteiger partial charge in [0.25, 0.3) is 0 Å². The Morgan fingerprint density at radius 3 is 0.957 bits per heavy atom. The molecule has 0 aliphatic rings. The van der Waals surface area contributed by atoms with Crippen LogP contribution >= 0.6 is 7.36 Å². The Kier molecular flexibility index (Phi) is 37.4. The van der Waals surface area contributed by atoms with Crippen LogP contribution in [0.15, 0.2) is 116 Å². The largest absolute Gasteiger partial charge is 0.507 e. The lowest BCUT2D eigenvalue weighted by molar-refractivity contribution is -0.137. The number of benzene rings is 1. The van der Waals surface area contributed by atoms with Crippen molar-refractivity contribution in [3.05, 3.63) is 139 Å². The van der Waals surface area contributed by atoms with Crippen molar-refractivity contribution in [2.24, 2.45) is 0 Å². The lowest BCUT2D eigenvalue weighted by Crippen LogP contribution is -2.14. The fourth-order valence-corrected chi connectivity index (χ4v) is 8.08. The average Bonchev–Trinajstić information content (AvgIpc) is 3.27. The molecule has 0 aliphatic carbocycles. The summed E-state index contributed by atoms with van der Waals surface area (Å²) in [6.45, 7) is 33.5. The zero-order chi connectivity index (χ0) is 53.0. The predicted octanol–water partition coefficient (Wildman–Crippen LogP) is 20.3. The van der Waals surface area contributed by atoms with Gasteiger partial charge in [-0.2, -0.15) is 0 Å². The van der Waals surface area contributed by atoms with Crippen LogP contribution in [-0.4, -0.2) is 23.5 Å². The number of ketones is 1. The average molecular weight is 996 g/mol. The van der Waals surface area contributed by atoms with Gasteiger partial charge in [-0.1, -0.05) is 128 Å². The molecule has 1 aromatic rings. The van der Waals surface area contributed by atoms with Crippen LogP contribution in [-0.2, 0) is 27.8 Å². The van der Waals surface area contributed by atoms with Gasteiger partial charge in [-0.15, -0.1) is 0 Å². The van der Waals surface area contributed by atoms with E-state index in [1.54, 1.807) is 0 Å². The van der Waals surface area contributed by atoms with E-state index in [-0.39, 0.29) is 18.0 Å². The molecule has 0 radical (unpaired) electrons. The van der Waals surface area contributed by atoms with Gasteiger partial charge in [-0.3, -0.25) is 9.59 Å². The van der Waals surface area contributed by atoms with Crippen molar-refractivity contribution in [2.45, 2.75) is 232 Å². The topological polar surface area (TPSA) is 63.6 Å². The summed E-state index contributed by atoms with van der Waals surface area (Å²) in [7, 11) is 1.00. The standard InChI is InChI=1S/C63H96O4.CH3PS/c1-46(2)25-16-26-47(3)27-17-28-48(4)29-18-30-49(5)31-19-32-50(6)33-20-34-51(7)35-21-36-52(8)37-22-38-53(9)39-23-40-54(10)41-24-42-55(11)43-44-60-59(15)63(58(14)57(13)62(60)66)67-61(65)45-56(12)64;1-2-3/h25,27,29,31,33,35,37,39,41,43,66H,16-24,26,28,30,32,34,36,38,40,42,44-45H2,1-15H3;1H3/b47-27+,48-29+,49-31+,50-33+,51-35+,52-37+,53-39+,54-41+,55-43+;. The van der Waals surface area contributed by atoms with E-state index in [0.29, 0.717) is 23.3 Å². The van der Waals surface area contributed by atoms with Crippen LogP contribution in [0, 0.1) is 20.8 Å². The molecule has 0 aromatic heterocycles. The maximum Gasteiger partial charge on any atom is 0.318 e. The number of Topliss-reactive ketones (excluding diaryl/α,β-unsaturated/α-hetero) is 1. The Balaban J connectivity index is 0.0000154. The summed E-state index contributed by atoms with van der Waals surface area (Å²) in [6, 6.07) is 0. The number of rotatable bonds is 32. The Hall–Kier alpha value is -3.92. The molecule has 0 atom stereocenters. The zero-order valence-corrected chi connectivity index (χ0v) is 49.2. The number of phenolic OH excluding ortho intramolecular Hbond substituents is 1. The van der Waals surface area contributed by atoms with Crippen LogP contribution < -0.4 is 4.74 Å². The van der Waals surface area contributed by atoms with E-state index >= 15 is 0 Å². The first kappa shape index (κ1) is 66.1. The second kappa shape index (κ2) is 39.7. The number of allylic oxidation sites excluding steroid dienone is 20. The van der Waals surface area contributed by atoms with Crippen LogP contribution in [0.25, 0.3) is 0 Å². The highest BCUT2D eigenvalue weighted by Gasteiger charge is 2.20. The van der Waals surface area contributed by atoms with Crippen molar-refractivity contribution < 1.29 is 19.4 Å². The molecule has 1 aromatic carbocycles. The van der Waals surface area contributed by atoms with E-state index in [1.165, 1.54) is 75.5 Å². The fourth-order valence-electron chi connectivity index (χ4n) is 8.08. The van der Waals surface area contributed by atoms with E-state index in [4.69, 9.17) is 4.74 Å². The van der Waals surface area contributed by atoms with Gasteiger partial charge in [-0.25, -0.2) is 0 Å². The molecule has 0 spiro atoms. The van der Waals surface area contributed by atoms with Crippen molar-refractivity contribution in [1.29, 1.82) is 0 Å². The molecule has 0 heterocycles. The van der Waals surface area contributed by atoms with Gasteiger partial charge in [0.2, 0.25) is 0 Å². The summed E-state index contributed by atoms with van der Waals surface area (Å²) in [5, 5.41) is 10.9. The molecule has 6 heteroatoms. The third-order valence-corrected chi connectivity index (χ3v) is 12.9. The van der Waals surface area contributed by atoms with E-state index in [1.807, 2.05) is 27.4 Å². The summed E-state index contributed by atoms with van der Waals surface area (Å²) in [4.78, 5) is 23.7. The van der Waals surface area contributed by atoms with Crippen molar-refractivity contribution in [2.75, 3.05) is 6.66 Å². The predicted molar refractivity (Wildman–Crippen MR) is 314 cm³/mol. The molecule has 390 valence electrons. The van der Waals surface area contributed by atoms with Gasteiger partial charge in [0, 0.05) is 5.56 Å². The number of hydrogen-bond acceptors (Lipinski definition) is 5. The highest BCUT2D eigenvalue weighted by atomic mass is 32.4. The first-order chi connectivity index (χ1) is 33.1. The second-order valence-electron chi connectivity index (χ2n) is 20.4. The van der Waals surface area contributed by atoms with Crippen LogP contribution in [0.1, 0.15) is 227 Å². The number of carbonyl (C=O) groups is 2. The molecule has 70 heavy (non-hydrogen) atoms. The molecular weight excluding hydrogens is 896 g/mol. The lowest BCUT2D eigenvalue weighted by Gasteiger charge is -2.18. The zero-order valence-electron chi connectivity index (χ0n) is 47.4. The summed E-state index contributed by atoms with van der Waals surface area (Å²) >= 11 is 4.37. The maximum atomic E-state index is 12.3. The molecular formula is C64H99O4PS. The normalized spacial score (nSPS) is 13.7. The Labute approximate surface area is 437 Å². The van der Waals surface area contributed by atoms with Crippen molar-refractivity contribution in [3.63, 3.8) is 0 Å². The maximum absolute atomic E-state index is 12.3. The minimum absolute atomic E-state index is 0.237. The molecule has 0 amide bonds. The van der Waals surface area contributed by atoms with Crippen LogP contribution in [0.2, 0.25) is 0 Å². The third-order valence-electron chi connectivity index (χ3n) is 12.9. The summed E-state index contributed by atoms with van der Waals surface area (Å²) in [5.41, 5.74) is 17.5. The Morgan fingerprint density at radius 2 is 0.700 bits per heavy atom. The number of aromatic hydroxyl groups is 1. The van der Waals surface area contributed by atoms with Crippen LogP contribution in [0.3, 0.4) is 0 Å². The van der Waals surface area contributed by atoms with Gasteiger partial charge < -0.3 is 9.84 Å². The minimum Gasteiger partial charge on any atom is -0.507 e. The number of esters is 1. The first-order valence-corrected chi connectivity index (χ1v) is 28.7. The number of carbonyl (C=O) groups excluding carboxylic acids is 2. The second-order valence-corrected chi connectivity index (χ2v) is 21.8. The molecule has 0 bridgehead atoms. The number of hydrogen-bond donors (Lipinski definition) is 1. The minimum atomic E-state index is -0.572. The van der Waals surface area contributed by atoms with E-state index in [9.17, 15) is 14.7 Å². The molecule has 1 N–H and O–H groups in total. The molecule has 0 saturated carbocycles. The molecule has 0 saturated heterocycles. The van der Waals surface area contributed by atoms with Gasteiger partial charge in [0.15, 0.2) is 0 Å². The highest BCUT2D eigenvalue weighted by Crippen LogP contribution is 2.38. The first-order valence-electron chi connectivity index (χ1n) is 26.4. The lowest BCUT2D eigenvalue weighted by atomic mass is 9.94. The van der Waals surface area contributed by atoms with Crippen molar-refractivity contribution >= 4 is 30.9 Å². The molecule has 0 aliphatic heterocycles. The smallest absolute Gasteiger partial charge is 0.318 e. The number of ether oxygens (including phenoxy) is 1. The summed E-state index contributed by atoms with van der Waals surface area (Å²) < 4.78 is 5.59. The highest BCUT2D eigenvalue weighted by molar-refractivity contribution is 7.96. The van der Waals surface area contributed by atoms with E-state index in [0.717, 1.165) is 121 Å². The SMILES string of the molecule is CC(=O)CC(=O)Oc1c(C)c(C)c(O)c(C/C=C(\C)CC/C=C(\C)CC/C=C(\C)CC/C=C(\C)CC/C=C(\C)CC/C=C(\C)CC/C=C(\C)CC/C=C(\C)CC/C=C(\C)CCC=C(C)C)c1C.CP=S. The van der Waals surface area contributed by atoms with Crippen LogP contribution in [0.5, 0.6) is 11.5 Å². The summed E-state index contributed by atoms with van der Waals surface area (Å²) in [6.07, 6.45) is 44.3. The Bertz CT molecular complexity index is 2100. The number of phenols is 1. The molecule has 4 nitrogen and oxygen atoms in total. The monoisotopic (exact) mass is 995 g/mol. The Morgan fingerprint density at radius 1 is 0.443 bits per heavy atom. The van der Waals surface area contributed by atoms with Crippen molar-refractivity contribution in [3.8, 4) is 11.5 Å². The third kappa shape index (κ3) is 33.6. The fraction of sp³-hybridized carbons (Fsp3) is 0.562. The quantitative estimate of drug-likeness (QED) is 0.0256. The molecule has 0 unspecified atom stereocenters.